The minimum Gasteiger partial charge on any atom is -0.349 e. The van der Waals surface area contributed by atoms with Crippen LogP contribution >= 0.6 is 0 Å². The first kappa shape index (κ1) is 16.2. The lowest BCUT2D eigenvalue weighted by molar-refractivity contribution is 0.0937. The van der Waals surface area contributed by atoms with E-state index >= 15 is 0 Å². The van der Waals surface area contributed by atoms with Gasteiger partial charge in [-0.25, -0.2) is 14.1 Å². The molecular weight excluding hydrogens is 321 g/mol. The van der Waals surface area contributed by atoms with Gasteiger partial charge in [-0.1, -0.05) is 0 Å². The number of rotatable bonds is 5. The first-order valence-electron chi connectivity index (χ1n) is 8.82. The number of likely N-dealkylation sites (tertiary alicyclic amines) is 1. The van der Waals surface area contributed by atoms with Crippen LogP contribution in [-0.2, 0) is 0 Å². The van der Waals surface area contributed by atoms with E-state index in [-0.39, 0.29) is 17.5 Å². The molecule has 1 saturated heterocycles. The molecule has 6 nitrogen and oxygen atoms in total. The smallest absolute Gasteiger partial charge is 0.290 e. The van der Waals surface area contributed by atoms with Gasteiger partial charge in [0.1, 0.15) is 11.6 Å². The average Bonchev–Trinajstić information content (AvgIpc) is 3.22. The summed E-state index contributed by atoms with van der Waals surface area (Å²) in [7, 11) is 0. The summed E-state index contributed by atoms with van der Waals surface area (Å²) < 4.78 is 14.6. The third kappa shape index (κ3) is 3.56. The van der Waals surface area contributed by atoms with Crippen molar-refractivity contribution < 1.29 is 9.18 Å². The highest BCUT2D eigenvalue weighted by Crippen LogP contribution is 2.31. The van der Waals surface area contributed by atoms with Gasteiger partial charge in [0.15, 0.2) is 0 Å². The van der Waals surface area contributed by atoms with Crippen LogP contribution < -0.4 is 5.32 Å². The van der Waals surface area contributed by atoms with E-state index < -0.39 is 0 Å². The minimum atomic E-state index is -0.309. The van der Waals surface area contributed by atoms with E-state index in [1.807, 2.05) is 0 Å². The molecule has 132 valence electrons. The topological polar surface area (TPSA) is 63.1 Å². The second-order valence-electron chi connectivity index (χ2n) is 6.96. The van der Waals surface area contributed by atoms with E-state index in [4.69, 9.17) is 0 Å². The second-order valence-corrected chi connectivity index (χ2v) is 6.96. The standard InChI is InChI=1S/C18H22FN5O/c1-12-21-17(22-24(12)16-4-2-14(19)3-5-16)18(25)20-10-13-8-9-23(11-13)15-6-7-15/h2-5,13,15H,6-11H2,1H3,(H,20,25)/t13-/m0/s1. The predicted molar refractivity (Wildman–Crippen MR) is 91.1 cm³/mol. The van der Waals surface area contributed by atoms with Gasteiger partial charge in [0, 0.05) is 19.1 Å². The molecule has 1 aliphatic carbocycles. The Morgan fingerprint density at radius 3 is 2.76 bits per heavy atom. The molecule has 4 rings (SSSR count). The van der Waals surface area contributed by atoms with E-state index in [0.717, 1.165) is 25.6 Å². The molecule has 1 N–H and O–H groups in total. The van der Waals surface area contributed by atoms with Crippen LogP contribution in [0.15, 0.2) is 24.3 Å². The second kappa shape index (κ2) is 6.55. The highest BCUT2D eigenvalue weighted by atomic mass is 19.1. The number of carbonyl (C=O) groups excluding carboxylic acids is 1. The Morgan fingerprint density at radius 1 is 1.28 bits per heavy atom. The third-order valence-corrected chi connectivity index (χ3v) is 4.98. The van der Waals surface area contributed by atoms with Crippen LogP contribution in [0.4, 0.5) is 4.39 Å². The highest BCUT2D eigenvalue weighted by Gasteiger charge is 2.34. The van der Waals surface area contributed by atoms with Crippen LogP contribution in [0.2, 0.25) is 0 Å². The summed E-state index contributed by atoms with van der Waals surface area (Å²) in [5, 5.41) is 7.23. The number of aryl methyl sites for hydroxylation is 1. The SMILES string of the molecule is Cc1nc(C(=O)NC[C@@H]2CCN(C3CC3)C2)nn1-c1ccc(F)cc1. The molecule has 1 atom stereocenters. The maximum absolute atomic E-state index is 13.1. The number of carbonyl (C=O) groups is 1. The molecule has 1 saturated carbocycles. The van der Waals surface area contributed by atoms with E-state index in [2.05, 4.69) is 20.3 Å². The molecule has 2 aliphatic rings. The van der Waals surface area contributed by atoms with Crippen LogP contribution in [0.3, 0.4) is 0 Å². The molecule has 0 radical (unpaired) electrons. The largest absolute Gasteiger partial charge is 0.349 e. The molecule has 0 unspecified atom stereocenters. The Bertz CT molecular complexity index is 768. The van der Waals surface area contributed by atoms with E-state index in [9.17, 15) is 9.18 Å². The lowest BCUT2D eigenvalue weighted by atomic mass is 10.1. The summed E-state index contributed by atoms with van der Waals surface area (Å²) in [6, 6.07) is 6.74. The molecule has 1 aromatic carbocycles. The Kier molecular flexibility index (Phi) is 4.25. The van der Waals surface area contributed by atoms with Crippen LogP contribution in [0.1, 0.15) is 35.7 Å². The fourth-order valence-corrected chi connectivity index (χ4v) is 3.43. The summed E-state index contributed by atoms with van der Waals surface area (Å²) >= 11 is 0. The number of benzene rings is 1. The maximum Gasteiger partial charge on any atom is 0.290 e. The molecule has 0 bridgehead atoms. The number of hydrogen-bond acceptors (Lipinski definition) is 4. The Morgan fingerprint density at radius 2 is 2.04 bits per heavy atom. The van der Waals surface area contributed by atoms with Crippen molar-refractivity contribution in [3.63, 3.8) is 0 Å². The van der Waals surface area contributed by atoms with Gasteiger partial charge in [-0.05, 0) is 62.9 Å². The molecule has 1 amide bonds. The van der Waals surface area contributed by atoms with Crippen molar-refractivity contribution in [2.45, 2.75) is 32.2 Å². The zero-order valence-corrected chi connectivity index (χ0v) is 14.3. The molecule has 2 aromatic rings. The maximum atomic E-state index is 13.1. The summed E-state index contributed by atoms with van der Waals surface area (Å²) in [6.45, 7) is 4.65. The molecule has 2 fully saturated rings. The van der Waals surface area contributed by atoms with Crippen molar-refractivity contribution in [3.05, 3.63) is 41.7 Å². The summed E-state index contributed by atoms with van der Waals surface area (Å²) in [5.41, 5.74) is 0.682. The molecule has 2 heterocycles. The van der Waals surface area contributed by atoms with E-state index in [0.29, 0.717) is 24.0 Å². The van der Waals surface area contributed by atoms with Crippen molar-refractivity contribution in [1.29, 1.82) is 0 Å². The van der Waals surface area contributed by atoms with Crippen molar-refractivity contribution in [2.24, 2.45) is 5.92 Å². The van der Waals surface area contributed by atoms with Crippen molar-refractivity contribution in [1.82, 2.24) is 25.0 Å². The van der Waals surface area contributed by atoms with E-state index in [1.165, 1.54) is 25.0 Å². The lowest BCUT2D eigenvalue weighted by Gasteiger charge is -2.14. The predicted octanol–water partition coefficient (Wildman–Crippen LogP) is 1.93. The zero-order chi connectivity index (χ0) is 17.4. The van der Waals surface area contributed by atoms with Gasteiger partial charge >= 0.3 is 0 Å². The summed E-state index contributed by atoms with van der Waals surface area (Å²) in [4.78, 5) is 19.1. The van der Waals surface area contributed by atoms with Gasteiger partial charge in [-0.15, -0.1) is 5.10 Å². The molecule has 0 spiro atoms. The van der Waals surface area contributed by atoms with Crippen LogP contribution in [0, 0.1) is 18.7 Å². The van der Waals surface area contributed by atoms with Crippen molar-refractivity contribution in [2.75, 3.05) is 19.6 Å². The Balaban J connectivity index is 1.37. The van der Waals surface area contributed by atoms with Gasteiger partial charge in [-0.2, -0.15) is 0 Å². The van der Waals surface area contributed by atoms with E-state index in [1.54, 1.807) is 23.7 Å². The van der Waals surface area contributed by atoms with Crippen LogP contribution in [0.25, 0.3) is 5.69 Å². The number of hydrogen-bond donors (Lipinski definition) is 1. The van der Waals surface area contributed by atoms with Crippen molar-refractivity contribution >= 4 is 5.91 Å². The monoisotopic (exact) mass is 343 g/mol. The Labute approximate surface area is 146 Å². The first-order chi connectivity index (χ1) is 12.1. The number of halogens is 1. The van der Waals surface area contributed by atoms with Gasteiger partial charge in [-0.3, -0.25) is 4.79 Å². The summed E-state index contributed by atoms with van der Waals surface area (Å²) in [6.07, 6.45) is 3.78. The molecule has 7 heteroatoms. The summed E-state index contributed by atoms with van der Waals surface area (Å²) in [5.74, 6) is 0.686. The number of nitrogens with one attached hydrogen (secondary N) is 1. The van der Waals surface area contributed by atoms with Crippen molar-refractivity contribution in [3.8, 4) is 5.69 Å². The number of aromatic nitrogens is 3. The quantitative estimate of drug-likeness (QED) is 0.901. The van der Waals surface area contributed by atoms with Gasteiger partial charge in [0.05, 0.1) is 5.69 Å². The average molecular weight is 343 g/mol. The third-order valence-electron chi connectivity index (χ3n) is 4.98. The normalized spacial score (nSPS) is 20.8. The molecule has 25 heavy (non-hydrogen) atoms. The first-order valence-corrected chi connectivity index (χ1v) is 8.82. The highest BCUT2D eigenvalue weighted by molar-refractivity contribution is 5.90. The zero-order valence-electron chi connectivity index (χ0n) is 14.3. The Hall–Kier alpha value is -2.28. The minimum absolute atomic E-state index is 0.152. The van der Waals surface area contributed by atoms with Crippen LogP contribution in [-0.4, -0.2) is 51.2 Å². The fourth-order valence-electron chi connectivity index (χ4n) is 3.43. The molecular formula is C18H22FN5O. The molecule has 1 aromatic heterocycles. The van der Waals surface area contributed by atoms with Gasteiger partial charge in [0.2, 0.25) is 5.82 Å². The number of amides is 1. The fraction of sp³-hybridized carbons (Fsp3) is 0.500. The lowest BCUT2D eigenvalue weighted by Crippen LogP contribution is -2.32. The number of nitrogens with zero attached hydrogens (tertiary/aromatic N) is 4. The van der Waals surface area contributed by atoms with Gasteiger partial charge < -0.3 is 10.2 Å². The van der Waals surface area contributed by atoms with Gasteiger partial charge in [0.25, 0.3) is 5.91 Å². The molecule has 1 aliphatic heterocycles. The van der Waals surface area contributed by atoms with Crippen LogP contribution in [0.5, 0.6) is 0 Å².